The summed E-state index contributed by atoms with van der Waals surface area (Å²) in [5.74, 6) is 1.90. The number of aromatic nitrogens is 2. The van der Waals surface area contributed by atoms with Gasteiger partial charge in [0.05, 0.1) is 11.0 Å². The van der Waals surface area contributed by atoms with E-state index >= 15 is 0 Å². The summed E-state index contributed by atoms with van der Waals surface area (Å²) >= 11 is 0. The van der Waals surface area contributed by atoms with Crippen molar-refractivity contribution in [3.05, 3.63) is 35.8 Å². The van der Waals surface area contributed by atoms with Crippen molar-refractivity contribution < 1.29 is 9.90 Å². The molecule has 1 aliphatic carbocycles. The zero-order valence-electron chi connectivity index (χ0n) is 18.4. The highest BCUT2D eigenvalue weighted by Gasteiger charge is 2.39. The van der Waals surface area contributed by atoms with Crippen molar-refractivity contribution in [3.63, 3.8) is 0 Å². The van der Waals surface area contributed by atoms with E-state index in [1.807, 2.05) is 6.20 Å². The minimum absolute atomic E-state index is 0.346. The lowest BCUT2D eigenvalue weighted by atomic mass is 9.65. The van der Waals surface area contributed by atoms with E-state index < -0.39 is 5.97 Å². The number of nitrogens with zero attached hydrogens (tertiary/aromatic N) is 3. The molecule has 2 aromatic rings. The van der Waals surface area contributed by atoms with Gasteiger partial charge in [-0.25, -0.2) is 9.98 Å². The fourth-order valence-corrected chi connectivity index (χ4v) is 5.70. The second-order valence-corrected chi connectivity index (χ2v) is 9.83. The average Bonchev–Trinajstić information content (AvgIpc) is 3.19. The van der Waals surface area contributed by atoms with Crippen LogP contribution in [0.3, 0.4) is 0 Å². The van der Waals surface area contributed by atoms with Crippen LogP contribution in [0.15, 0.2) is 29.4 Å². The SMILES string of the molecule is Cc1ccc2nc(C3=CN=C(N4CCC5(CCC(CC(=O)O)CC5)CC4)CC3)[nH]c2c1. The topological polar surface area (TPSA) is 81.6 Å². The van der Waals surface area contributed by atoms with E-state index in [2.05, 4.69) is 35.0 Å². The van der Waals surface area contributed by atoms with Gasteiger partial charge in [0.2, 0.25) is 0 Å². The number of carboxylic acid groups (broad SMARTS) is 1. The molecule has 2 N–H and O–H groups in total. The van der Waals surface area contributed by atoms with Gasteiger partial charge in [-0.05, 0) is 80.9 Å². The number of hydrogen-bond acceptors (Lipinski definition) is 4. The molecule has 1 saturated heterocycles. The van der Waals surface area contributed by atoms with Crippen LogP contribution in [-0.4, -0.2) is 44.9 Å². The van der Waals surface area contributed by atoms with Gasteiger partial charge >= 0.3 is 5.97 Å². The Balaban J connectivity index is 1.20. The molecule has 5 rings (SSSR count). The van der Waals surface area contributed by atoms with Gasteiger partial charge in [-0.1, -0.05) is 6.07 Å². The number of imidazole rings is 1. The maximum atomic E-state index is 11.0. The monoisotopic (exact) mass is 420 g/mol. The number of amidine groups is 1. The number of carbonyl (C=O) groups is 1. The first-order chi connectivity index (χ1) is 15.0. The lowest BCUT2D eigenvalue weighted by molar-refractivity contribution is -0.138. The van der Waals surface area contributed by atoms with Crippen LogP contribution >= 0.6 is 0 Å². The summed E-state index contributed by atoms with van der Waals surface area (Å²) < 4.78 is 0. The van der Waals surface area contributed by atoms with Crippen molar-refractivity contribution in [2.75, 3.05) is 13.1 Å². The van der Waals surface area contributed by atoms with Gasteiger partial charge in [0.15, 0.2) is 0 Å². The number of fused-ring (bicyclic) bond motifs is 1. The smallest absolute Gasteiger partial charge is 0.303 e. The highest BCUT2D eigenvalue weighted by atomic mass is 16.4. The molecule has 3 heterocycles. The first-order valence-corrected chi connectivity index (χ1v) is 11.7. The minimum Gasteiger partial charge on any atom is -0.481 e. The lowest BCUT2D eigenvalue weighted by Gasteiger charge is -2.46. The van der Waals surface area contributed by atoms with Crippen molar-refractivity contribution in [2.24, 2.45) is 16.3 Å². The van der Waals surface area contributed by atoms with Gasteiger partial charge in [0.1, 0.15) is 11.7 Å². The van der Waals surface area contributed by atoms with Crippen molar-refractivity contribution in [1.29, 1.82) is 0 Å². The predicted octanol–water partition coefficient (Wildman–Crippen LogP) is 5.15. The maximum Gasteiger partial charge on any atom is 0.303 e. The van der Waals surface area contributed by atoms with Crippen molar-refractivity contribution >= 4 is 28.4 Å². The van der Waals surface area contributed by atoms with Crippen LogP contribution < -0.4 is 0 Å². The van der Waals surface area contributed by atoms with Crippen molar-refractivity contribution in [2.45, 2.75) is 64.7 Å². The Bertz CT molecular complexity index is 1030. The molecule has 2 aliphatic heterocycles. The van der Waals surface area contributed by atoms with Gasteiger partial charge in [0, 0.05) is 37.7 Å². The number of aliphatic imine (C=N–C) groups is 1. The van der Waals surface area contributed by atoms with E-state index in [1.165, 1.54) is 42.7 Å². The lowest BCUT2D eigenvalue weighted by Crippen LogP contribution is -2.44. The van der Waals surface area contributed by atoms with Crippen LogP contribution in [-0.2, 0) is 4.79 Å². The molecule has 1 aromatic heterocycles. The fourth-order valence-electron chi connectivity index (χ4n) is 5.70. The zero-order valence-corrected chi connectivity index (χ0v) is 18.4. The van der Waals surface area contributed by atoms with Crippen LogP contribution in [0, 0.1) is 18.3 Å². The number of likely N-dealkylation sites (tertiary alicyclic amines) is 1. The summed E-state index contributed by atoms with van der Waals surface area (Å²) in [6.45, 7) is 4.26. The highest BCUT2D eigenvalue weighted by molar-refractivity contribution is 5.88. The zero-order chi connectivity index (χ0) is 21.4. The van der Waals surface area contributed by atoms with E-state index in [0.29, 0.717) is 17.8 Å². The third kappa shape index (κ3) is 4.25. The number of aromatic amines is 1. The number of nitrogens with one attached hydrogen (secondary N) is 1. The quantitative estimate of drug-likeness (QED) is 0.719. The summed E-state index contributed by atoms with van der Waals surface area (Å²) in [6.07, 6.45) is 11.3. The Morgan fingerprint density at radius 3 is 2.65 bits per heavy atom. The molecule has 0 amide bonds. The first kappa shape index (κ1) is 20.3. The van der Waals surface area contributed by atoms with E-state index in [4.69, 9.17) is 15.1 Å². The molecule has 31 heavy (non-hydrogen) atoms. The number of carboxylic acids is 1. The van der Waals surface area contributed by atoms with Gasteiger partial charge in [-0.15, -0.1) is 0 Å². The summed E-state index contributed by atoms with van der Waals surface area (Å²) in [4.78, 5) is 26.5. The Kier molecular flexibility index (Phi) is 5.32. The van der Waals surface area contributed by atoms with E-state index in [-0.39, 0.29) is 0 Å². The number of rotatable bonds is 3. The van der Waals surface area contributed by atoms with Crippen LogP contribution in [0.1, 0.15) is 69.2 Å². The second kappa shape index (κ2) is 8.13. The van der Waals surface area contributed by atoms with Gasteiger partial charge < -0.3 is 15.0 Å². The third-order valence-corrected chi connectivity index (χ3v) is 7.75. The molecular formula is C25H32N4O2. The maximum absolute atomic E-state index is 11.0. The number of hydrogen-bond donors (Lipinski definition) is 2. The van der Waals surface area contributed by atoms with Crippen molar-refractivity contribution in [1.82, 2.24) is 14.9 Å². The average molecular weight is 421 g/mol. The molecule has 0 unspecified atom stereocenters. The van der Waals surface area contributed by atoms with Crippen LogP contribution in [0.4, 0.5) is 0 Å². The van der Waals surface area contributed by atoms with Gasteiger partial charge in [-0.2, -0.15) is 0 Å². The normalized spacial score (nSPS) is 21.9. The summed E-state index contributed by atoms with van der Waals surface area (Å²) in [5, 5.41) is 9.06. The van der Waals surface area contributed by atoms with E-state index in [9.17, 15) is 4.79 Å². The largest absolute Gasteiger partial charge is 0.481 e. The van der Waals surface area contributed by atoms with Gasteiger partial charge in [0.25, 0.3) is 0 Å². The Labute approximate surface area is 183 Å². The molecule has 2 fully saturated rings. The number of benzene rings is 1. The van der Waals surface area contributed by atoms with Crippen molar-refractivity contribution in [3.8, 4) is 0 Å². The highest BCUT2D eigenvalue weighted by Crippen LogP contribution is 2.47. The molecule has 0 bridgehead atoms. The van der Waals surface area contributed by atoms with E-state index in [1.54, 1.807) is 0 Å². The van der Waals surface area contributed by atoms with Gasteiger partial charge in [-0.3, -0.25) is 4.79 Å². The molecule has 164 valence electrons. The van der Waals surface area contributed by atoms with E-state index in [0.717, 1.165) is 55.6 Å². The molecule has 1 aromatic carbocycles. The molecule has 3 aliphatic rings. The fraction of sp³-hybridized carbons (Fsp3) is 0.560. The molecular weight excluding hydrogens is 388 g/mol. The number of aliphatic carboxylic acids is 1. The molecule has 0 radical (unpaired) electrons. The third-order valence-electron chi connectivity index (χ3n) is 7.75. The predicted molar refractivity (Wildman–Crippen MR) is 123 cm³/mol. The number of H-pyrrole nitrogens is 1. The summed E-state index contributed by atoms with van der Waals surface area (Å²) in [5.41, 5.74) is 4.95. The Morgan fingerprint density at radius 1 is 1.19 bits per heavy atom. The molecule has 1 spiro atoms. The van der Waals surface area contributed by atoms with Crippen LogP contribution in [0.25, 0.3) is 16.6 Å². The standard InChI is InChI=1S/C25H32N4O2/c1-17-2-4-20-21(14-17)28-24(27-20)19-3-5-22(26-16-19)29-12-10-25(11-13-29)8-6-18(7-9-25)15-23(30)31/h2,4,14,16,18H,3,5-13,15H2,1H3,(H,27,28)(H,30,31). The molecule has 0 atom stereocenters. The Hall–Kier alpha value is -2.63. The van der Waals surface area contributed by atoms with Crippen LogP contribution in [0.2, 0.25) is 0 Å². The molecule has 6 nitrogen and oxygen atoms in total. The van der Waals surface area contributed by atoms with Crippen LogP contribution in [0.5, 0.6) is 0 Å². The second-order valence-electron chi connectivity index (χ2n) is 9.83. The Morgan fingerprint density at radius 2 is 1.97 bits per heavy atom. The molecule has 1 saturated carbocycles. The molecule has 6 heteroatoms. The first-order valence-electron chi connectivity index (χ1n) is 11.7. The number of piperidine rings is 1. The number of aryl methyl sites for hydroxylation is 1. The summed E-state index contributed by atoms with van der Waals surface area (Å²) in [6, 6.07) is 6.31. The minimum atomic E-state index is -0.642. The number of allylic oxidation sites excluding steroid dienone is 1. The summed E-state index contributed by atoms with van der Waals surface area (Å²) in [7, 11) is 0.